The summed E-state index contributed by atoms with van der Waals surface area (Å²) in [6, 6.07) is 19.6. The molecule has 0 spiro atoms. The van der Waals surface area contributed by atoms with Gasteiger partial charge >= 0.3 is 0 Å². The second-order valence-corrected chi connectivity index (χ2v) is 8.24. The fourth-order valence-corrected chi connectivity index (χ4v) is 4.34. The summed E-state index contributed by atoms with van der Waals surface area (Å²) in [6.45, 7) is 3.16. The number of halogens is 1. The molecule has 34 heavy (non-hydrogen) atoms. The maximum atomic E-state index is 13.5. The number of para-hydroxylation sites is 1. The molecule has 1 amide bonds. The van der Waals surface area contributed by atoms with Gasteiger partial charge in [0.15, 0.2) is 0 Å². The highest BCUT2D eigenvalue weighted by molar-refractivity contribution is 6.07. The first-order valence-corrected chi connectivity index (χ1v) is 11.3. The molecule has 2 aromatic carbocycles. The molecular weight excluding hydrogens is 431 g/mol. The number of nitrogens with zero attached hydrogens (tertiary/aromatic N) is 3. The molecule has 6 nitrogen and oxygen atoms in total. The highest BCUT2D eigenvalue weighted by Crippen LogP contribution is 2.26. The third-order valence-electron chi connectivity index (χ3n) is 6.12. The maximum absolute atomic E-state index is 13.5. The predicted molar refractivity (Wildman–Crippen MR) is 129 cm³/mol. The Balaban J connectivity index is 1.44. The second kappa shape index (κ2) is 10.1. The molecule has 1 atom stereocenters. The number of amides is 1. The lowest BCUT2D eigenvalue weighted by molar-refractivity contribution is 0.0162. The van der Waals surface area contributed by atoms with Crippen LogP contribution in [0.5, 0.6) is 0 Å². The van der Waals surface area contributed by atoms with Crippen LogP contribution in [-0.2, 0) is 4.74 Å². The number of carbonyl (C=O) groups excluding carboxylic acids is 1. The minimum Gasteiger partial charge on any atom is -0.379 e. The molecule has 5 rings (SSSR count). The van der Waals surface area contributed by atoms with Crippen molar-refractivity contribution in [3.63, 3.8) is 0 Å². The van der Waals surface area contributed by atoms with Gasteiger partial charge in [0, 0.05) is 43.0 Å². The quantitative estimate of drug-likeness (QED) is 0.470. The Morgan fingerprint density at radius 3 is 2.62 bits per heavy atom. The van der Waals surface area contributed by atoms with E-state index < -0.39 is 0 Å². The number of benzene rings is 2. The van der Waals surface area contributed by atoms with Crippen LogP contribution in [0.2, 0.25) is 0 Å². The molecule has 172 valence electrons. The van der Waals surface area contributed by atoms with Gasteiger partial charge < -0.3 is 10.1 Å². The highest BCUT2D eigenvalue weighted by Gasteiger charge is 2.24. The summed E-state index contributed by atoms with van der Waals surface area (Å²) >= 11 is 0. The van der Waals surface area contributed by atoms with Crippen LogP contribution >= 0.6 is 0 Å². The van der Waals surface area contributed by atoms with E-state index in [-0.39, 0.29) is 17.8 Å². The Morgan fingerprint density at radius 1 is 1.06 bits per heavy atom. The van der Waals surface area contributed by atoms with Gasteiger partial charge in [0.1, 0.15) is 5.82 Å². The first-order chi connectivity index (χ1) is 16.7. The van der Waals surface area contributed by atoms with Gasteiger partial charge in [0.25, 0.3) is 5.91 Å². The zero-order chi connectivity index (χ0) is 23.3. The smallest absolute Gasteiger partial charge is 0.252 e. The van der Waals surface area contributed by atoms with Gasteiger partial charge in [-0.3, -0.25) is 14.7 Å². The number of fused-ring (bicyclic) bond motifs is 1. The van der Waals surface area contributed by atoms with Gasteiger partial charge in [-0.25, -0.2) is 9.37 Å². The summed E-state index contributed by atoms with van der Waals surface area (Å²) in [5, 5.41) is 3.91. The summed E-state index contributed by atoms with van der Waals surface area (Å²) in [5.41, 5.74) is 3.81. The second-order valence-electron chi connectivity index (χ2n) is 8.24. The third kappa shape index (κ3) is 4.81. The highest BCUT2D eigenvalue weighted by atomic mass is 19.1. The van der Waals surface area contributed by atoms with Gasteiger partial charge in [-0.05, 0) is 42.0 Å². The average molecular weight is 457 g/mol. The van der Waals surface area contributed by atoms with Crippen LogP contribution in [-0.4, -0.2) is 53.6 Å². The Morgan fingerprint density at radius 2 is 1.85 bits per heavy atom. The lowest BCUT2D eigenvalue weighted by Gasteiger charge is -2.35. The molecular formula is C27H25FN4O2. The summed E-state index contributed by atoms with van der Waals surface area (Å²) in [7, 11) is 0. The zero-order valence-electron chi connectivity index (χ0n) is 18.7. The Bertz CT molecular complexity index is 1280. The van der Waals surface area contributed by atoms with E-state index in [4.69, 9.17) is 9.72 Å². The van der Waals surface area contributed by atoms with Crippen LogP contribution < -0.4 is 5.32 Å². The number of nitrogens with one attached hydrogen (secondary N) is 1. The van der Waals surface area contributed by atoms with E-state index in [0.29, 0.717) is 31.0 Å². The van der Waals surface area contributed by atoms with Crippen molar-refractivity contribution in [1.29, 1.82) is 0 Å². The molecule has 1 unspecified atom stereocenters. The number of carbonyl (C=O) groups is 1. The van der Waals surface area contributed by atoms with E-state index in [1.807, 2.05) is 42.5 Å². The van der Waals surface area contributed by atoms with Gasteiger partial charge in [0.05, 0.1) is 36.0 Å². The summed E-state index contributed by atoms with van der Waals surface area (Å²) in [5.74, 6) is -0.455. The SMILES string of the molecule is O=C(NCC(c1ccc(F)cc1)N1CCOCC1)c1cc(-c2cccnc2)nc2ccccc12. The minimum absolute atomic E-state index is 0.0839. The fourth-order valence-electron chi connectivity index (χ4n) is 4.34. The van der Waals surface area contributed by atoms with Crippen molar-refractivity contribution in [3.8, 4) is 11.3 Å². The van der Waals surface area contributed by atoms with Gasteiger partial charge in [-0.2, -0.15) is 0 Å². The maximum Gasteiger partial charge on any atom is 0.252 e. The van der Waals surface area contributed by atoms with Crippen molar-refractivity contribution in [2.45, 2.75) is 6.04 Å². The molecule has 0 bridgehead atoms. The molecule has 1 aliphatic heterocycles. The molecule has 4 aromatic rings. The Labute approximate surface area is 197 Å². The monoisotopic (exact) mass is 456 g/mol. The normalized spacial score (nSPS) is 15.2. The first-order valence-electron chi connectivity index (χ1n) is 11.3. The average Bonchev–Trinajstić information content (AvgIpc) is 2.90. The number of hydrogen-bond donors (Lipinski definition) is 1. The lowest BCUT2D eigenvalue weighted by Crippen LogP contribution is -2.43. The van der Waals surface area contributed by atoms with Crippen molar-refractivity contribution in [2.75, 3.05) is 32.8 Å². The third-order valence-corrected chi connectivity index (χ3v) is 6.12. The Kier molecular flexibility index (Phi) is 6.56. The summed E-state index contributed by atoms with van der Waals surface area (Å²) in [4.78, 5) is 24.6. The number of ether oxygens (including phenoxy) is 1. The summed E-state index contributed by atoms with van der Waals surface area (Å²) < 4.78 is 19.0. The number of hydrogen-bond acceptors (Lipinski definition) is 5. The molecule has 3 heterocycles. The van der Waals surface area contributed by atoms with E-state index in [0.717, 1.165) is 35.1 Å². The molecule has 1 fully saturated rings. The van der Waals surface area contributed by atoms with Crippen LogP contribution in [0, 0.1) is 5.82 Å². The molecule has 1 aliphatic rings. The zero-order valence-corrected chi connectivity index (χ0v) is 18.7. The molecule has 1 saturated heterocycles. The van der Waals surface area contributed by atoms with E-state index in [9.17, 15) is 9.18 Å². The van der Waals surface area contributed by atoms with E-state index in [1.54, 1.807) is 24.5 Å². The standard InChI is InChI=1S/C27H25FN4O2/c28-21-9-7-19(8-10-21)26(32-12-14-34-15-13-32)18-30-27(33)23-16-25(20-4-3-11-29-17-20)31-24-6-2-1-5-22(23)24/h1-11,16-17,26H,12-15,18H2,(H,30,33). The molecule has 0 saturated carbocycles. The Hall–Kier alpha value is -3.68. The lowest BCUT2D eigenvalue weighted by atomic mass is 10.0. The summed E-state index contributed by atoms with van der Waals surface area (Å²) in [6.07, 6.45) is 3.45. The molecule has 7 heteroatoms. The number of morpholine rings is 1. The van der Waals surface area contributed by atoms with Crippen molar-refractivity contribution >= 4 is 16.8 Å². The number of pyridine rings is 2. The van der Waals surface area contributed by atoms with Crippen molar-refractivity contribution in [2.24, 2.45) is 0 Å². The van der Waals surface area contributed by atoms with Crippen LogP contribution in [0.1, 0.15) is 22.0 Å². The molecule has 0 radical (unpaired) electrons. The van der Waals surface area contributed by atoms with Crippen LogP contribution in [0.25, 0.3) is 22.2 Å². The van der Waals surface area contributed by atoms with Crippen molar-refractivity contribution in [1.82, 2.24) is 20.2 Å². The van der Waals surface area contributed by atoms with Gasteiger partial charge in [-0.15, -0.1) is 0 Å². The topological polar surface area (TPSA) is 67.4 Å². The van der Waals surface area contributed by atoms with Crippen molar-refractivity contribution < 1.29 is 13.9 Å². The van der Waals surface area contributed by atoms with E-state index in [1.165, 1.54) is 12.1 Å². The van der Waals surface area contributed by atoms with Crippen molar-refractivity contribution in [3.05, 3.63) is 96.1 Å². The molecule has 1 N–H and O–H groups in total. The fraction of sp³-hybridized carbons (Fsp3) is 0.222. The molecule has 2 aromatic heterocycles. The minimum atomic E-state index is -0.278. The van der Waals surface area contributed by atoms with Gasteiger partial charge in [0.2, 0.25) is 0 Å². The predicted octanol–water partition coefficient (Wildman–Crippen LogP) is 4.24. The van der Waals surface area contributed by atoms with E-state index >= 15 is 0 Å². The van der Waals surface area contributed by atoms with E-state index in [2.05, 4.69) is 15.2 Å². The largest absolute Gasteiger partial charge is 0.379 e. The van der Waals surface area contributed by atoms with Crippen LogP contribution in [0.3, 0.4) is 0 Å². The first kappa shape index (κ1) is 22.1. The molecule has 0 aliphatic carbocycles. The number of rotatable bonds is 6. The van der Waals surface area contributed by atoms with Crippen LogP contribution in [0.15, 0.2) is 79.1 Å². The van der Waals surface area contributed by atoms with Gasteiger partial charge in [-0.1, -0.05) is 30.3 Å². The van der Waals surface area contributed by atoms with Crippen LogP contribution in [0.4, 0.5) is 4.39 Å². The number of aromatic nitrogens is 2.